The molecule has 0 spiro atoms. The highest BCUT2D eigenvalue weighted by molar-refractivity contribution is 7.89. The summed E-state index contributed by atoms with van der Waals surface area (Å²) < 4.78 is 31.3. The third-order valence-electron chi connectivity index (χ3n) is 1.94. The van der Waals surface area contributed by atoms with Crippen LogP contribution in [0.15, 0.2) is 0 Å². The molecule has 14 heavy (non-hydrogen) atoms. The number of hydrogen-bond donors (Lipinski definition) is 1. The van der Waals surface area contributed by atoms with Crippen molar-refractivity contribution in [3.63, 3.8) is 0 Å². The highest BCUT2D eigenvalue weighted by atomic mass is 32.2. The van der Waals surface area contributed by atoms with Crippen LogP contribution in [-0.2, 0) is 19.5 Å². The zero-order valence-electron chi connectivity index (χ0n) is 7.60. The smallest absolute Gasteiger partial charge is 0.211 e. The summed E-state index contributed by atoms with van der Waals surface area (Å²) in [6, 6.07) is 1.98. The molecule has 0 aromatic carbocycles. The van der Waals surface area contributed by atoms with Gasteiger partial charge >= 0.3 is 0 Å². The molecule has 0 amide bonds. The van der Waals surface area contributed by atoms with Crippen molar-refractivity contribution in [3.05, 3.63) is 0 Å². The van der Waals surface area contributed by atoms with E-state index in [0.717, 1.165) is 0 Å². The van der Waals surface area contributed by atoms with Crippen LogP contribution in [0.1, 0.15) is 6.42 Å². The lowest BCUT2D eigenvalue weighted by molar-refractivity contribution is -0.000458. The number of ether oxygens (including phenoxy) is 2. The molecule has 6 nitrogen and oxygen atoms in total. The van der Waals surface area contributed by atoms with Crippen molar-refractivity contribution in [2.45, 2.75) is 12.0 Å². The van der Waals surface area contributed by atoms with Crippen LogP contribution in [0.3, 0.4) is 0 Å². The lowest BCUT2D eigenvalue weighted by atomic mass is 10.1. The summed E-state index contributed by atoms with van der Waals surface area (Å²) in [6.45, 7) is 0.576. The van der Waals surface area contributed by atoms with Crippen molar-refractivity contribution in [2.75, 3.05) is 25.6 Å². The highest BCUT2D eigenvalue weighted by Gasteiger charge is 2.36. The second-order valence-electron chi connectivity index (χ2n) is 3.12. The third-order valence-corrected chi connectivity index (χ3v) is 2.67. The maximum atomic E-state index is 10.6. The van der Waals surface area contributed by atoms with Gasteiger partial charge in [0.1, 0.15) is 6.07 Å². The fraction of sp³-hybridized carbons (Fsp3) is 0.857. The molecular weight excluding hydrogens is 208 g/mol. The standard InChI is InChI=1S/C7H12N2O4S/c8-5-7(1-2-12-6-7)13-3-4-14(9,10)11/h1-4,6H2,(H2,9,10,11). The minimum atomic E-state index is -3.53. The quantitative estimate of drug-likeness (QED) is 0.652. The predicted molar refractivity (Wildman–Crippen MR) is 47.7 cm³/mol. The Morgan fingerprint density at radius 1 is 1.64 bits per heavy atom. The van der Waals surface area contributed by atoms with Crippen molar-refractivity contribution < 1.29 is 17.9 Å². The van der Waals surface area contributed by atoms with Gasteiger partial charge in [-0.25, -0.2) is 13.6 Å². The second kappa shape index (κ2) is 4.23. The number of rotatable bonds is 4. The summed E-state index contributed by atoms with van der Waals surface area (Å²) in [7, 11) is -3.53. The number of hydrogen-bond acceptors (Lipinski definition) is 5. The maximum Gasteiger partial charge on any atom is 0.211 e. The first-order chi connectivity index (χ1) is 6.47. The van der Waals surface area contributed by atoms with Crippen LogP contribution in [-0.4, -0.2) is 39.6 Å². The summed E-state index contributed by atoms with van der Waals surface area (Å²) in [5.41, 5.74) is -0.981. The fourth-order valence-electron chi connectivity index (χ4n) is 1.13. The second-order valence-corrected chi connectivity index (χ2v) is 4.86. The Hall–Kier alpha value is -0.680. The molecule has 1 unspecified atom stereocenters. The first kappa shape index (κ1) is 11.4. The summed E-state index contributed by atoms with van der Waals surface area (Å²) in [5.74, 6) is -0.281. The van der Waals surface area contributed by atoms with Crippen molar-refractivity contribution in [2.24, 2.45) is 5.14 Å². The first-order valence-corrected chi connectivity index (χ1v) is 5.82. The third kappa shape index (κ3) is 3.23. The summed E-state index contributed by atoms with van der Waals surface area (Å²) in [5, 5.41) is 13.6. The van der Waals surface area contributed by atoms with Gasteiger partial charge in [-0.2, -0.15) is 5.26 Å². The van der Waals surface area contributed by atoms with Gasteiger partial charge in [0.15, 0.2) is 5.60 Å². The van der Waals surface area contributed by atoms with Crippen LogP contribution in [0.4, 0.5) is 0 Å². The number of nitriles is 1. The number of nitrogens with zero attached hydrogens (tertiary/aromatic N) is 1. The largest absolute Gasteiger partial charge is 0.377 e. The zero-order valence-corrected chi connectivity index (χ0v) is 8.42. The van der Waals surface area contributed by atoms with Gasteiger partial charge in [0.2, 0.25) is 10.0 Å². The van der Waals surface area contributed by atoms with Crippen LogP contribution in [0.2, 0.25) is 0 Å². The fourth-order valence-corrected chi connectivity index (χ4v) is 1.45. The first-order valence-electron chi connectivity index (χ1n) is 4.11. The minimum absolute atomic E-state index is 0.0737. The molecule has 0 radical (unpaired) electrons. The monoisotopic (exact) mass is 220 g/mol. The Morgan fingerprint density at radius 2 is 2.36 bits per heavy atom. The molecule has 1 aliphatic rings. The van der Waals surface area contributed by atoms with E-state index >= 15 is 0 Å². The van der Waals surface area contributed by atoms with Crippen LogP contribution in [0.25, 0.3) is 0 Å². The maximum absolute atomic E-state index is 10.6. The Labute approximate surface area is 82.6 Å². The van der Waals surface area contributed by atoms with Gasteiger partial charge in [0, 0.05) is 6.42 Å². The molecule has 1 heterocycles. The van der Waals surface area contributed by atoms with Crippen molar-refractivity contribution in [3.8, 4) is 6.07 Å². The number of nitrogens with two attached hydrogens (primary N) is 1. The van der Waals surface area contributed by atoms with E-state index in [1.165, 1.54) is 0 Å². The number of sulfonamides is 1. The predicted octanol–water partition coefficient (Wildman–Crippen LogP) is -1.03. The number of primary sulfonamides is 1. The van der Waals surface area contributed by atoms with Gasteiger partial charge < -0.3 is 9.47 Å². The van der Waals surface area contributed by atoms with Gasteiger partial charge in [-0.05, 0) is 0 Å². The SMILES string of the molecule is N#CC1(OCCS(N)(=O)=O)CCOC1. The average Bonchev–Trinajstić information content (AvgIpc) is 2.52. The molecule has 2 N–H and O–H groups in total. The molecule has 0 bridgehead atoms. The zero-order chi connectivity index (χ0) is 10.7. The lowest BCUT2D eigenvalue weighted by Crippen LogP contribution is -2.34. The van der Waals surface area contributed by atoms with Crippen LogP contribution >= 0.6 is 0 Å². The van der Waals surface area contributed by atoms with E-state index in [0.29, 0.717) is 13.0 Å². The van der Waals surface area contributed by atoms with E-state index < -0.39 is 15.6 Å². The minimum Gasteiger partial charge on any atom is -0.377 e. The molecule has 1 rings (SSSR count). The van der Waals surface area contributed by atoms with Gasteiger partial charge in [-0.3, -0.25) is 0 Å². The van der Waals surface area contributed by atoms with E-state index in [4.69, 9.17) is 19.9 Å². The Kier molecular flexibility index (Phi) is 3.44. The molecule has 80 valence electrons. The normalized spacial score (nSPS) is 27.4. The molecule has 1 atom stereocenters. The molecule has 1 fully saturated rings. The lowest BCUT2D eigenvalue weighted by Gasteiger charge is -2.18. The van der Waals surface area contributed by atoms with E-state index in [2.05, 4.69) is 0 Å². The molecule has 1 saturated heterocycles. The van der Waals surface area contributed by atoms with Crippen molar-refractivity contribution in [1.82, 2.24) is 0 Å². The summed E-state index contributed by atoms with van der Waals surface area (Å²) in [4.78, 5) is 0. The van der Waals surface area contributed by atoms with Crippen LogP contribution < -0.4 is 5.14 Å². The Bertz CT molecular complexity index is 326. The van der Waals surface area contributed by atoms with E-state index in [-0.39, 0.29) is 19.0 Å². The van der Waals surface area contributed by atoms with Gasteiger partial charge in [0.25, 0.3) is 0 Å². The van der Waals surface area contributed by atoms with Crippen molar-refractivity contribution in [1.29, 1.82) is 5.26 Å². The topological polar surface area (TPSA) is 102 Å². The Balaban J connectivity index is 2.40. The molecule has 0 aromatic rings. The van der Waals surface area contributed by atoms with E-state index in [1.54, 1.807) is 0 Å². The summed E-state index contributed by atoms with van der Waals surface area (Å²) in [6.07, 6.45) is 0.466. The molecule has 0 aliphatic carbocycles. The molecule has 0 aromatic heterocycles. The highest BCUT2D eigenvalue weighted by Crippen LogP contribution is 2.21. The van der Waals surface area contributed by atoms with Gasteiger partial charge in [-0.15, -0.1) is 0 Å². The van der Waals surface area contributed by atoms with Crippen LogP contribution in [0.5, 0.6) is 0 Å². The van der Waals surface area contributed by atoms with Crippen LogP contribution in [0, 0.1) is 11.3 Å². The summed E-state index contributed by atoms with van der Waals surface area (Å²) >= 11 is 0. The van der Waals surface area contributed by atoms with Gasteiger partial charge in [-0.1, -0.05) is 0 Å². The molecule has 0 saturated carbocycles. The molecular formula is C7H12N2O4S. The molecule has 1 aliphatic heterocycles. The van der Waals surface area contributed by atoms with Gasteiger partial charge in [0.05, 0.1) is 25.6 Å². The molecule has 7 heteroatoms. The van der Waals surface area contributed by atoms with E-state index in [9.17, 15) is 8.42 Å². The average molecular weight is 220 g/mol. The Morgan fingerprint density at radius 3 is 2.79 bits per heavy atom. The van der Waals surface area contributed by atoms with Crippen molar-refractivity contribution >= 4 is 10.0 Å². The van der Waals surface area contributed by atoms with E-state index in [1.807, 2.05) is 6.07 Å².